The molecule has 4 aromatic rings. The summed E-state index contributed by atoms with van der Waals surface area (Å²) < 4.78 is 17.5. The number of rotatable bonds is 2. The highest BCUT2D eigenvalue weighted by Crippen LogP contribution is 2.22. The molecule has 0 saturated carbocycles. The van der Waals surface area contributed by atoms with Gasteiger partial charge < -0.3 is 14.6 Å². The van der Waals surface area contributed by atoms with Crippen LogP contribution in [0.2, 0.25) is 0 Å². The van der Waals surface area contributed by atoms with E-state index in [9.17, 15) is 9.18 Å². The molecule has 29 heavy (non-hydrogen) atoms. The Morgan fingerprint density at radius 1 is 1.00 bits per heavy atom. The van der Waals surface area contributed by atoms with E-state index < -0.39 is 11.5 Å². The fourth-order valence-electron chi connectivity index (χ4n) is 3.79. The van der Waals surface area contributed by atoms with E-state index >= 15 is 0 Å². The Bertz CT molecular complexity index is 1300. The first kappa shape index (κ1) is 17.7. The molecule has 4 aromatic heterocycles. The van der Waals surface area contributed by atoms with Gasteiger partial charge in [0, 0.05) is 50.3 Å². The number of nitrogens with zero attached hydrogens (tertiary/aromatic N) is 6. The van der Waals surface area contributed by atoms with Crippen molar-refractivity contribution in [3.8, 4) is 11.4 Å². The van der Waals surface area contributed by atoms with E-state index in [-0.39, 0.29) is 11.5 Å². The molecule has 1 aliphatic rings. The number of pyridine rings is 2. The minimum absolute atomic E-state index is 0.195. The second-order valence-corrected chi connectivity index (χ2v) is 7.33. The maximum atomic E-state index is 14.5. The lowest BCUT2D eigenvalue weighted by molar-refractivity contribution is 0.588. The van der Waals surface area contributed by atoms with Gasteiger partial charge in [0.25, 0.3) is 0 Å². The highest BCUT2D eigenvalue weighted by atomic mass is 19.1. The molecule has 8 nitrogen and oxygen atoms in total. The van der Waals surface area contributed by atoms with Crippen LogP contribution in [-0.4, -0.2) is 49.9 Å². The van der Waals surface area contributed by atoms with E-state index in [4.69, 9.17) is 0 Å². The van der Waals surface area contributed by atoms with E-state index in [1.54, 1.807) is 29.9 Å². The monoisotopic (exact) mass is 393 g/mol. The second-order valence-electron chi connectivity index (χ2n) is 7.33. The summed E-state index contributed by atoms with van der Waals surface area (Å²) >= 11 is 0. The van der Waals surface area contributed by atoms with Crippen molar-refractivity contribution in [2.24, 2.45) is 0 Å². The van der Waals surface area contributed by atoms with E-state index in [1.165, 1.54) is 10.5 Å². The van der Waals surface area contributed by atoms with Gasteiger partial charge in [-0.05, 0) is 31.5 Å². The van der Waals surface area contributed by atoms with Gasteiger partial charge in [0.1, 0.15) is 5.65 Å². The summed E-state index contributed by atoms with van der Waals surface area (Å²) in [6.45, 7) is 7.28. The molecule has 148 valence electrons. The summed E-state index contributed by atoms with van der Waals surface area (Å²) in [5, 5.41) is 3.32. The fourth-order valence-corrected chi connectivity index (χ4v) is 3.79. The number of fused-ring (bicyclic) bond motifs is 2. The molecule has 0 radical (unpaired) electrons. The summed E-state index contributed by atoms with van der Waals surface area (Å²) in [6, 6.07) is 3.34. The predicted molar refractivity (Wildman–Crippen MR) is 108 cm³/mol. The lowest BCUT2D eigenvalue weighted by Crippen LogP contribution is -2.43. The first-order chi connectivity index (χ1) is 14.0. The molecule has 1 N–H and O–H groups in total. The van der Waals surface area contributed by atoms with Crippen molar-refractivity contribution in [2.45, 2.75) is 13.8 Å². The molecule has 0 unspecified atom stereocenters. The molecular weight excluding hydrogens is 373 g/mol. The zero-order valence-corrected chi connectivity index (χ0v) is 16.2. The molecule has 5 heterocycles. The molecule has 1 fully saturated rings. The van der Waals surface area contributed by atoms with Crippen LogP contribution in [0.4, 0.5) is 10.1 Å². The Labute approximate surface area is 165 Å². The third-order valence-electron chi connectivity index (χ3n) is 5.19. The highest BCUT2D eigenvalue weighted by Gasteiger charge is 2.16. The lowest BCUT2D eigenvalue weighted by atomic mass is 10.2. The Balaban J connectivity index is 1.65. The smallest absolute Gasteiger partial charge is 0.355 e. The van der Waals surface area contributed by atoms with Crippen LogP contribution in [-0.2, 0) is 0 Å². The summed E-state index contributed by atoms with van der Waals surface area (Å²) in [4.78, 5) is 27.9. The zero-order chi connectivity index (χ0) is 20.1. The number of anilines is 1. The molecule has 0 atom stereocenters. The van der Waals surface area contributed by atoms with Crippen molar-refractivity contribution in [1.82, 2.24) is 29.1 Å². The SMILES string of the molecule is Cc1cn2cc(-c3nc(=O)n4cc(N5CCNCC5)cc(C)c4n3)cc(F)c2n1. The number of halogens is 1. The number of aryl methyl sites for hydroxylation is 2. The summed E-state index contributed by atoms with van der Waals surface area (Å²) in [5.41, 5.74) is 3.28. The molecule has 0 amide bonds. The minimum atomic E-state index is -0.481. The Hall–Kier alpha value is -3.33. The zero-order valence-electron chi connectivity index (χ0n) is 16.2. The van der Waals surface area contributed by atoms with Crippen LogP contribution in [0.3, 0.4) is 0 Å². The van der Waals surface area contributed by atoms with Crippen molar-refractivity contribution in [2.75, 3.05) is 31.1 Å². The molecule has 5 rings (SSSR count). The summed E-state index contributed by atoms with van der Waals surface area (Å²) in [5.74, 6) is -0.287. The molecule has 9 heteroatoms. The summed E-state index contributed by atoms with van der Waals surface area (Å²) in [7, 11) is 0. The maximum Gasteiger partial charge on any atom is 0.355 e. The average molecular weight is 393 g/mol. The predicted octanol–water partition coefficient (Wildman–Crippen LogP) is 1.57. The number of hydrogen-bond donors (Lipinski definition) is 1. The Morgan fingerprint density at radius 2 is 1.79 bits per heavy atom. The standard InChI is InChI=1S/C20H20FN7O/c1-12-7-15(26-5-3-22-4-6-26)11-28-18(12)24-17(25-20(28)29)14-8-16(21)19-23-13(2)9-27(19)10-14/h7-11,22H,3-6H2,1-2H3. The van der Waals surface area contributed by atoms with Gasteiger partial charge >= 0.3 is 5.69 Å². The Morgan fingerprint density at radius 3 is 2.59 bits per heavy atom. The van der Waals surface area contributed by atoms with Gasteiger partial charge in [-0.15, -0.1) is 0 Å². The average Bonchev–Trinajstić information content (AvgIpc) is 3.10. The van der Waals surface area contributed by atoms with Crippen molar-refractivity contribution in [3.05, 3.63) is 58.3 Å². The van der Waals surface area contributed by atoms with E-state index in [2.05, 4.69) is 25.2 Å². The minimum Gasteiger partial charge on any atom is -0.368 e. The molecule has 0 aliphatic carbocycles. The van der Waals surface area contributed by atoms with Crippen LogP contribution in [0.1, 0.15) is 11.3 Å². The van der Waals surface area contributed by atoms with Crippen molar-refractivity contribution in [1.29, 1.82) is 0 Å². The second kappa shape index (κ2) is 6.63. The van der Waals surface area contributed by atoms with Crippen LogP contribution >= 0.6 is 0 Å². The van der Waals surface area contributed by atoms with E-state index in [0.29, 0.717) is 16.9 Å². The first-order valence-corrected chi connectivity index (χ1v) is 9.51. The lowest BCUT2D eigenvalue weighted by Gasteiger charge is -2.29. The maximum absolute atomic E-state index is 14.5. The summed E-state index contributed by atoms with van der Waals surface area (Å²) in [6.07, 6.45) is 5.19. The van der Waals surface area contributed by atoms with Crippen LogP contribution in [0.25, 0.3) is 22.7 Å². The quantitative estimate of drug-likeness (QED) is 0.557. The highest BCUT2D eigenvalue weighted by molar-refractivity contribution is 5.63. The van der Waals surface area contributed by atoms with Gasteiger partial charge in [-0.2, -0.15) is 4.98 Å². The molecular formula is C20H20FN7O. The number of hydrogen-bond acceptors (Lipinski definition) is 6. The third-order valence-corrected chi connectivity index (χ3v) is 5.19. The van der Waals surface area contributed by atoms with Gasteiger partial charge in [0.05, 0.1) is 11.4 Å². The Kier molecular flexibility index (Phi) is 4.06. The van der Waals surface area contributed by atoms with Crippen molar-refractivity contribution >= 4 is 17.0 Å². The van der Waals surface area contributed by atoms with Crippen molar-refractivity contribution < 1.29 is 4.39 Å². The van der Waals surface area contributed by atoms with Gasteiger partial charge in [0.15, 0.2) is 17.3 Å². The van der Waals surface area contributed by atoms with Gasteiger partial charge in [0.2, 0.25) is 0 Å². The van der Waals surface area contributed by atoms with E-state index in [0.717, 1.165) is 37.4 Å². The first-order valence-electron chi connectivity index (χ1n) is 9.51. The van der Waals surface area contributed by atoms with Gasteiger partial charge in [-0.3, -0.25) is 0 Å². The van der Waals surface area contributed by atoms with Crippen LogP contribution in [0.5, 0.6) is 0 Å². The number of nitrogens with one attached hydrogen (secondary N) is 1. The largest absolute Gasteiger partial charge is 0.368 e. The molecule has 0 bridgehead atoms. The molecule has 1 aliphatic heterocycles. The number of aromatic nitrogens is 5. The fraction of sp³-hybridized carbons (Fsp3) is 0.300. The van der Waals surface area contributed by atoms with Gasteiger partial charge in [-0.25, -0.2) is 23.6 Å². The van der Waals surface area contributed by atoms with Gasteiger partial charge in [-0.1, -0.05) is 0 Å². The third kappa shape index (κ3) is 3.03. The molecule has 0 aromatic carbocycles. The van der Waals surface area contributed by atoms with Crippen LogP contribution < -0.4 is 15.9 Å². The van der Waals surface area contributed by atoms with Crippen LogP contribution in [0.15, 0.2) is 35.5 Å². The number of piperazine rings is 1. The number of imidazole rings is 1. The molecule has 0 spiro atoms. The van der Waals surface area contributed by atoms with Crippen molar-refractivity contribution in [3.63, 3.8) is 0 Å². The normalized spacial score (nSPS) is 14.8. The molecule has 1 saturated heterocycles. The topological polar surface area (TPSA) is 79.8 Å². The van der Waals surface area contributed by atoms with Crippen LogP contribution in [0, 0.1) is 19.7 Å². The van der Waals surface area contributed by atoms with E-state index in [1.807, 2.05) is 13.0 Å².